The molecule has 1 N–H and O–H groups in total. The third kappa shape index (κ3) is 4.91. The first-order valence-electron chi connectivity index (χ1n) is 6.28. The fraction of sp³-hybridized carbons (Fsp3) is 0.429. The Bertz CT molecular complexity index is 443. The minimum absolute atomic E-state index is 0.0656. The Labute approximate surface area is 118 Å². The van der Waals surface area contributed by atoms with Gasteiger partial charge >= 0.3 is 0 Å². The van der Waals surface area contributed by atoms with Crippen molar-refractivity contribution in [1.82, 2.24) is 10.2 Å². The summed E-state index contributed by atoms with van der Waals surface area (Å²) >= 11 is 5.78. The molecule has 1 rings (SSSR count). The van der Waals surface area contributed by atoms with Crippen molar-refractivity contribution in [3.8, 4) is 0 Å². The summed E-state index contributed by atoms with van der Waals surface area (Å²) in [5.41, 5.74) is 0.531. The summed E-state index contributed by atoms with van der Waals surface area (Å²) < 4.78 is 0. The normalized spacial score (nSPS) is 10.4. The summed E-state index contributed by atoms with van der Waals surface area (Å²) in [6.07, 6.45) is 0. The minimum atomic E-state index is -0.168. The summed E-state index contributed by atoms with van der Waals surface area (Å²) in [4.78, 5) is 25.4. The molecule has 0 aromatic heterocycles. The topological polar surface area (TPSA) is 49.4 Å². The Morgan fingerprint density at radius 2 is 1.84 bits per heavy atom. The maximum absolute atomic E-state index is 12.2. The number of nitrogens with zero attached hydrogens (tertiary/aromatic N) is 1. The van der Waals surface area contributed by atoms with Gasteiger partial charge in [-0.25, -0.2) is 0 Å². The van der Waals surface area contributed by atoms with Crippen molar-refractivity contribution in [2.45, 2.75) is 26.8 Å². The third-order valence-electron chi connectivity index (χ3n) is 2.54. The van der Waals surface area contributed by atoms with E-state index >= 15 is 0 Å². The number of carbonyl (C=O) groups excluding carboxylic acids is 2. The zero-order chi connectivity index (χ0) is 14.4. The number of benzene rings is 1. The van der Waals surface area contributed by atoms with Gasteiger partial charge in [0.05, 0.1) is 6.54 Å². The highest BCUT2D eigenvalue weighted by molar-refractivity contribution is 6.30. The number of nitrogens with one attached hydrogen (secondary N) is 1. The van der Waals surface area contributed by atoms with Crippen molar-refractivity contribution in [2.75, 3.05) is 13.1 Å². The first kappa shape index (κ1) is 15.5. The average Bonchev–Trinajstić information content (AvgIpc) is 2.35. The molecule has 0 saturated carbocycles. The van der Waals surface area contributed by atoms with Gasteiger partial charge in [0.1, 0.15) is 0 Å². The molecule has 0 saturated heterocycles. The monoisotopic (exact) mass is 282 g/mol. The molecule has 0 fully saturated rings. The molecule has 19 heavy (non-hydrogen) atoms. The lowest BCUT2D eigenvalue weighted by molar-refractivity contribution is -0.122. The van der Waals surface area contributed by atoms with E-state index < -0.39 is 0 Å². The number of hydrogen-bond donors (Lipinski definition) is 1. The van der Waals surface area contributed by atoms with E-state index in [2.05, 4.69) is 5.32 Å². The van der Waals surface area contributed by atoms with Gasteiger partial charge in [-0.3, -0.25) is 9.59 Å². The van der Waals surface area contributed by atoms with Crippen LogP contribution >= 0.6 is 11.6 Å². The van der Waals surface area contributed by atoms with E-state index in [0.29, 0.717) is 17.1 Å². The third-order valence-corrected chi connectivity index (χ3v) is 2.80. The molecule has 4 nitrogen and oxygen atoms in total. The molecule has 0 aliphatic rings. The number of hydrogen-bond acceptors (Lipinski definition) is 2. The van der Waals surface area contributed by atoms with Crippen LogP contribution in [0.2, 0.25) is 5.02 Å². The number of halogens is 1. The lowest BCUT2D eigenvalue weighted by Crippen LogP contribution is -2.42. The van der Waals surface area contributed by atoms with Crippen LogP contribution < -0.4 is 5.32 Å². The number of likely N-dealkylation sites (N-methyl/N-ethyl adjacent to an activating group) is 1. The zero-order valence-electron chi connectivity index (χ0n) is 11.4. The van der Waals surface area contributed by atoms with Gasteiger partial charge in [0.15, 0.2) is 0 Å². The second kappa shape index (κ2) is 7.14. The first-order chi connectivity index (χ1) is 8.93. The number of rotatable bonds is 5. The van der Waals surface area contributed by atoms with E-state index in [4.69, 9.17) is 11.6 Å². The molecule has 0 unspecified atom stereocenters. The minimum Gasteiger partial charge on any atom is -0.352 e. The van der Waals surface area contributed by atoms with Crippen LogP contribution in [0.4, 0.5) is 0 Å². The summed E-state index contributed by atoms with van der Waals surface area (Å²) in [6.45, 7) is 6.16. The molecule has 0 atom stereocenters. The summed E-state index contributed by atoms with van der Waals surface area (Å²) in [5.74, 6) is -0.322. The molecular formula is C14H19ClN2O2. The molecule has 104 valence electrons. The molecule has 0 radical (unpaired) electrons. The fourth-order valence-electron chi connectivity index (χ4n) is 1.64. The lowest BCUT2D eigenvalue weighted by atomic mass is 10.2. The summed E-state index contributed by atoms with van der Waals surface area (Å²) in [6, 6.07) is 6.71. The molecule has 2 amide bonds. The molecular weight excluding hydrogens is 264 g/mol. The number of carbonyl (C=O) groups is 2. The average molecular weight is 283 g/mol. The van der Waals surface area contributed by atoms with Crippen LogP contribution in [-0.4, -0.2) is 35.8 Å². The van der Waals surface area contributed by atoms with Gasteiger partial charge in [-0.05, 0) is 45.0 Å². The van der Waals surface area contributed by atoms with Crippen LogP contribution in [0.1, 0.15) is 31.1 Å². The van der Waals surface area contributed by atoms with Crippen molar-refractivity contribution < 1.29 is 9.59 Å². The predicted octanol–water partition coefficient (Wildman–Crippen LogP) is 2.33. The predicted molar refractivity (Wildman–Crippen MR) is 76.3 cm³/mol. The maximum atomic E-state index is 12.2. The van der Waals surface area contributed by atoms with Crippen molar-refractivity contribution in [1.29, 1.82) is 0 Å². The Kier molecular flexibility index (Phi) is 5.83. The van der Waals surface area contributed by atoms with Gasteiger partial charge in [0.25, 0.3) is 5.91 Å². The van der Waals surface area contributed by atoms with Gasteiger partial charge in [0.2, 0.25) is 5.91 Å². The Hall–Kier alpha value is -1.55. The van der Waals surface area contributed by atoms with Gasteiger partial charge < -0.3 is 10.2 Å². The van der Waals surface area contributed by atoms with Gasteiger partial charge in [0, 0.05) is 23.2 Å². The van der Waals surface area contributed by atoms with Crippen LogP contribution in [-0.2, 0) is 4.79 Å². The molecule has 0 aliphatic heterocycles. The molecule has 0 bridgehead atoms. The van der Waals surface area contributed by atoms with E-state index in [0.717, 1.165) is 0 Å². The molecule has 0 aliphatic carbocycles. The molecule has 5 heteroatoms. The number of amides is 2. The SMILES string of the molecule is CCN(CC(=O)NC(C)C)C(=O)c1ccc(Cl)cc1. The summed E-state index contributed by atoms with van der Waals surface area (Å²) in [7, 11) is 0. The summed E-state index contributed by atoms with van der Waals surface area (Å²) in [5, 5.41) is 3.35. The van der Waals surface area contributed by atoms with E-state index in [1.165, 1.54) is 4.90 Å². The standard InChI is InChI=1S/C14H19ClN2O2/c1-4-17(9-13(18)16-10(2)3)14(19)11-5-7-12(15)8-6-11/h5-8,10H,4,9H2,1-3H3,(H,16,18). The Morgan fingerprint density at radius 1 is 1.26 bits per heavy atom. The second-order valence-corrected chi connectivity index (χ2v) is 4.98. The quantitative estimate of drug-likeness (QED) is 0.901. The zero-order valence-corrected chi connectivity index (χ0v) is 12.2. The van der Waals surface area contributed by atoms with Crippen LogP contribution in [0, 0.1) is 0 Å². The van der Waals surface area contributed by atoms with Crippen molar-refractivity contribution >= 4 is 23.4 Å². The molecule has 1 aromatic carbocycles. The van der Waals surface area contributed by atoms with E-state index in [9.17, 15) is 9.59 Å². The van der Waals surface area contributed by atoms with Crippen molar-refractivity contribution in [3.63, 3.8) is 0 Å². The van der Waals surface area contributed by atoms with Crippen LogP contribution in [0.5, 0.6) is 0 Å². The Morgan fingerprint density at radius 3 is 2.32 bits per heavy atom. The Balaban J connectivity index is 2.71. The lowest BCUT2D eigenvalue weighted by Gasteiger charge is -2.21. The fourth-order valence-corrected chi connectivity index (χ4v) is 1.77. The van der Waals surface area contributed by atoms with Gasteiger partial charge in [-0.15, -0.1) is 0 Å². The maximum Gasteiger partial charge on any atom is 0.254 e. The van der Waals surface area contributed by atoms with Gasteiger partial charge in [-0.2, -0.15) is 0 Å². The van der Waals surface area contributed by atoms with E-state index in [1.54, 1.807) is 24.3 Å². The highest BCUT2D eigenvalue weighted by Crippen LogP contribution is 2.11. The molecule has 0 heterocycles. The molecule has 0 spiro atoms. The highest BCUT2D eigenvalue weighted by atomic mass is 35.5. The van der Waals surface area contributed by atoms with Crippen molar-refractivity contribution in [2.24, 2.45) is 0 Å². The van der Waals surface area contributed by atoms with E-state index in [-0.39, 0.29) is 24.4 Å². The molecule has 1 aromatic rings. The second-order valence-electron chi connectivity index (χ2n) is 4.55. The van der Waals surface area contributed by atoms with Crippen LogP contribution in [0.3, 0.4) is 0 Å². The smallest absolute Gasteiger partial charge is 0.254 e. The van der Waals surface area contributed by atoms with Crippen molar-refractivity contribution in [3.05, 3.63) is 34.9 Å². The van der Waals surface area contributed by atoms with Gasteiger partial charge in [-0.1, -0.05) is 11.6 Å². The van der Waals surface area contributed by atoms with Crippen LogP contribution in [0.25, 0.3) is 0 Å². The highest BCUT2D eigenvalue weighted by Gasteiger charge is 2.17. The van der Waals surface area contributed by atoms with E-state index in [1.807, 2.05) is 20.8 Å². The largest absolute Gasteiger partial charge is 0.352 e. The first-order valence-corrected chi connectivity index (χ1v) is 6.66. The van der Waals surface area contributed by atoms with Crippen LogP contribution in [0.15, 0.2) is 24.3 Å².